The molecule has 1 aromatic rings. The predicted octanol–water partition coefficient (Wildman–Crippen LogP) is 5.11. The number of hydrogen-bond acceptors (Lipinski definition) is 2. The molecule has 2 rings (SSSR count). The average Bonchev–Trinajstić information content (AvgIpc) is 2.48. The second kappa shape index (κ2) is 6.52. The van der Waals surface area contributed by atoms with E-state index < -0.39 is 5.41 Å². The van der Waals surface area contributed by atoms with Gasteiger partial charge in [0.2, 0.25) is 0 Å². The lowest BCUT2D eigenvalue weighted by Crippen LogP contribution is -2.35. The van der Waals surface area contributed by atoms with E-state index in [1.54, 1.807) is 0 Å². The van der Waals surface area contributed by atoms with Crippen LogP contribution in [0.25, 0.3) is 0 Å². The number of anilines is 1. The van der Waals surface area contributed by atoms with Crippen molar-refractivity contribution in [1.29, 1.82) is 5.26 Å². The van der Waals surface area contributed by atoms with Crippen molar-refractivity contribution in [3.63, 3.8) is 0 Å². The Kier molecular flexibility index (Phi) is 4.93. The lowest BCUT2D eigenvalue weighted by Gasteiger charge is -2.35. The van der Waals surface area contributed by atoms with Gasteiger partial charge in [0, 0.05) is 11.7 Å². The van der Waals surface area contributed by atoms with Gasteiger partial charge >= 0.3 is 0 Å². The maximum atomic E-state index is 9.21. The number of nitrogens with zero attached hydrogens (tertiary/aromatic N) is 1. The molecule has 0 aliphatic heterocycles. The smallest absolute Gasteiger partial charge is 0.0766 e. The monoisotopic (exact) mass is 284 g/mol. The van der Waals surface area contributed by atoms with Crippen molar-refractivity contribution in [1.82, 2.24) is 0 Å². The molecule has 0 spiro atoms. The van der Waals surface area contributed by atoms with Crippen molar-refractivity contribution < 1.29 is 0 Å². The standard InChI is InChI=1S/C19H28N2/c1-14(2)17-7-5-6-8-18(17)21-16-11-9-15(10-12-16)19(3,4)13-20/h9-12,14,17-18,21H,5-8H2,1-4H3. The Labute approximate surface area is 129 Å². The van der Waals surface area contributed by atoms with E-state index in [0.717, 1.165) is 17.4 Å². The Morgan fingerprint density at radius 2 is 1.76 bits per heavy atom. The second-order valence-electron chi connectivity index (χ2n) is 7.26. The molecule has 1 fully saturated rings. The van der Waals surface area contributed by atoms with Crippen LogP contribution in [0.1, 0.15) is 58.9 Å². The molecule has 114 valence electrons. The molecular formula is C19H28N2. The lowest BCUT2D eigenvalue weighted by atomic mass is 9.77. The van der Waals surface area contributed by atoms with Gasteiger partial charge < -0.3 is 5.32 Å². The Balaban J connectivity index is 2.08. The maximum absolute atomic E-state index is 9.21. The first-order valence-corrected chi connectivity index (χ1v) is 8.22. The van der Waals surface area contributed by atoms with Crippen molar-refractivity contribution >= 4 is 5.69 Å². The highest BCUT2D eigenvalue weighted by Gasteiger charge is 2.27. The van der Waals surface area contributed by atoms with Crippen molar-refractivity contribution in [2.45, 2.75) is 64.8 Å². The number of nitriles is 1. The summed E-state index contributed by atoms with van der Waals surface area (Å²) in [5, 5.41) is 12.9. The minimum atomic E-state index is -0.413. The van der Waals surface area contributed by atoms with Crippen LogP contribution in [-0.4, -0.2) is 6.04 Å². The fourth-order valence-corrected chi connectivity index (χ4v) is 3.40. The molecule has 0 amide bonds. The summed E-state index contributed by atoms with van der Waals surface area (Å²) in [6.07, 6.45) is 5.32. The van der Waals surface area contributed by atoms with E-state index in [1.807, 2.05) is 13.8 Å². The third kappa shape index (κ3) is 3.79. The van der Waals surface area contributed by atoms with Crippen LogP contribution in [0, 0.1) is 23.2 Å². The third-order valence-corrected chi connectivity index (χ3v) is 4.91. The van der Waals surface area contributed by atoms with Crippen LogP contribution in [0.5, 0.6) is 0 Å². The molecule has 21 heavy (non-hydrogen) atoms. The molecule has 1 aliphatic rings. The fourth-order valence-electron chi connectivity index (χ4n) is 3.40. The third-order valence-electron chi connectivity index (χ3n) is 4.91. The van der Waals surface area contributed by atoms with Crippen LogP contribution in [0.4, 0.5) is 5.69 Å². The zero-order chi connectivity index (χ0) is 15.5. The van der Waals surface area contributed by atoms with Gasteiger partial charge in [-0.15, -0.1) is 0 Å². The Morgan fingerprint density at radius 3 is 2.33 bits per heavy atom. The van der Waals surface area contributed by atoms with E-state index in [-0.39, 0.29) is 0 Å². The maximum Gasteiger partial charge on any atom is 0.0766 e. The Bertz CT molecular complexity index is 493. The quantitative estimate of drug-likeness (QED) is 0.833. The molecular weight excluding hydrogens is 256 g/mol. The molecule has 1 saturated carbocycles. The Morgan fingerprint density at radius 1 is 1.14 bits per heavy atom. The summed E-state index contributed by atoms with van der Waals surface area (Å²) in [5.74, 6) is 1.51. The molecule has 0 saturated heterocycles. The van der Waals surface area contributed by atoms with Crippen LogP contribution >= 0.6 is 0 Å². The van der Waals surface area contributed by atoms with Crippen LogP contribution in [-0.2, 0) is 5.41 Å². The summed E-state index contributed by atoms with van der Waals surface area (Å²) in [4.78, 5) is 0. The average molecular weight is 284 g/mol. The summed E-state index contributed by atoms with van der Waals surface area (Å²) < 4.78 is 0. The van der Waals surface area contributed by atoms with Crippen molar-refractivity contribution in [3.8, 4) is 6.07 Å². The van der Waals surface area contributed by atoms with E-state index in [9.17, 15) is 5.26 Å². The molecule has 0 bridgehead atoms. The van der Waals surface area contributed by atoms with E-state index in [0.29, 0.717) is 6.04 Å². The second-order valence-corrected chi connectivity index (χ2v) is 7.26. The van der Waals surface area contributed by atoms with Crippen molar-refractivity contribution in [2.24, 2.45) is 11.8 Å². The summed E-state index contributed by atoms with van der Waals surface area (Å²) in [6.45, 7) is 8.60. The minimum Gasteiger partial charge on any atom is -0.382 e. The van der Waals surface area contributed by atoms with Crippen molar-refractivity contribution in [2.75, 3.05) is 5.32 Å². The SMILES string of the molecule is CC(C)C1CCCCC1Nc1ccc(C(C)(C)C#N)cc1. The number of benzene rings is 1. The molecule has 0 radical (unpaired) electrons. The van der Waals surface area contributed by atoms with E-state index in [2.05, 4.69) is 49.5 Å². The van der Waals surface area contributed by atoms with Crippen molar-refractivity contribution in [3.05, 3.63) is 29.8 Å². The van der Waals surface area contributed by atoms with Crippen LogP contribution in [0.3, 0.4) is 0 Å². The molecule has 1 aromatic carbocycles. The van der Waals surface area contributed by atoms with Gasteiger partial charge in [-0.3, -0.25) is 0 Å². The van der Waals surface area contributed by atoms with E-state index in [4.69, 9.17) is 0 Å². The lowest BCUT2D eigenvalue weighted by molar-refractivity contribution is 0.254. The Hall–Kier alpha value is -1.49. The summed E-state index contributed by atoms with van der Waals surface area (Å²) >= 11 is 0. The zero-order valence-corrected chi connectivity index (χ0v) is 13.8. The molecule has 2 unspecified atom stereocenters. The van der Waals surface area contributed by atoms with Crippen LogP contribution in [0.15, 0.2) is 24.3 Å². The molecule has 1 aliphatic carbocycles. The van der Waals surface area contributed by atoms with Gasteiger partial charge in [0.05, 0.1) is 11.5 Å². The molecule has 2 heteroatoms. The largest absolute Gasteiger partial charge is 0.382 e. The first-order chi connectivity index (χ1) is 9.94. The van der Waals surface area contributed by atoms with Gasteiger partial charge in [-0.05, 0) is 56.2 Å². The van der Waals surface area contributed by atoms with Gasteiger partial charge in [0.25, 0.3) is 0 Å². The van der Waals surface area contributed by atoms with E-state index >= 15 is 0 Å². The van der Waals surface area contributed by atoms with Crippen LogP contribution < -0.4 is 5.32 Å². The number of rotatable bonds is 4. The minimum absolute atomic E-state index is 0.413. The van der Waals surface area contributed by atoms with E-state index in [1.165, 1.54) is 31.4 Å². The topological polar surface area (TPSA) is 35.8 Å². The summed E-state index contributed by atoms with van der Waals surface area (Å²) in [6, 6.07) is 11.4. The highest BCUT2D eigenvalue weighted by atomic mass is 14.9. The molecule has 0 heterocycles. The van der Waals surface area contributed by atoms with Gasteiger partial charge in [-0.2, -0.15) is 5.26 Å². The van der Waals surface area contributed by atoms with Gasteiger partial charge in [0.15, 0.2) is 0 Å². The van der Waals surface area contributed by atoms with Gasteiger partial charge in [-0.25, -0.2) is 0 Å². The fraction of sp³-hybridized carbons (Fsp3) is 0.632. The zero-order valence-electron chi connectivity index (χ0n) is 13.8. The van der Waals surface area contributed by atoms with Gasteiger partial charge in [0.1, 0.15) is 0 Å². The summed E-state index contributed by atoms with van der Waals surface area (Å²) in [7, 11) is 0. The first-order valence-electron chi connectivity index (χ1n) is 8.22. The molecule has 2 atom stereocenters. The number of nitrogens with one attached hydrogen (secondary N) is 1. The molecule has 0 aromatic heterocycles. The normalized spacial score (nSPS) is 22.9. The summed E-state index contributed by atoms with van der Waals surface area (Å²) in [5.41, 5.74) is 1.86. The predicted molar refractivity (Wildman–Crippen MR) is 89.3 cm³/mol. The molecule has 1 N–H and O–H groups in total. The van der Waals surface area contributed by atoms with Gasteiger partial charge in [-0.1, -0.05) is 38.8 Å². The number of hydrogen-bond donors (Lipinski definition) is 1. The highest BCUT2D eigenvalue weighted by molar-refractivity contribution is 5.47. The highest BCUT2D eigenvalue weighted by Crippen LogP contribution is 2.32. The van der Waals surface area contributed by atoms with Crippen LogP contribution in [0.2, 0.25) is 0 Å². The first kappa shape index (κ1) is 15.9. The molecule has 2 nitrogen and oxygen atoms in total.